The van der Waals surface area contributed by atoms with E-state index in [9.17, 15) is 4.39 Å². The highest BCUT2D eigenvalue weighted by Crippen LogP contribution is 2.29. The second-order valence-electron chi connectivity index (χ2n) is 5.17. The molecule has 2 nitrogen and oxygen atoms in total. The molecule has 0 bridgehead atoms. The normalized spacial score (nSPS) is 12.7. The summed E-state index contributed by atoms with van der Waals surface area (Å²) in [5, 5.41) is 4.16. The van der Waals surface area contributed by atoms with Gasteiger partial charge in [0, 0.05) is 17.0 Å². The molecule has 0 aliphatic rings. The summed E-state index contributed by atoms with van der Waals surface area (Å²) < 4.78 is 19.3. The Morgan fingerprint density at radius 3 is 2.57 bits per heavy atom. The molecule has 1 aromatic heterocycles. The van der Waals surface area contributed by atoms with Gasteiger partial charge in [0.2, 0.25) is 0 Å². The molecule has 0 saturated carbocycles. The molecule has 2 aromatic carbocycles. The van der Waals surface area contributed by atoms with Crippen LogP contribution in [0.5, 0.6) is 0 Å². The molecule has 1 heterocycles. The molecule has 1 atom stereocenters. The highest BCUT2D eigenvalue weighted by Gasteiger charge is 2.10. The summed E-state index contributed by atoms with van der Waals surface area (Å²) in [4.78, 5) is 0. The van der Waals surface area contributed by atoms with E-state index in [2.05, 4.69) is 31.3 Å². The Morgan fingerprint density at radius 2 is 1.90 bits per heavy atom. The molecule has 1 unspecified atom stereocenters. The van der Waals surface area contributed by atoms with E-state index < -0.39 is 0 Å². The van der Waals surface area contributed by atoms with Crippen LogP contribution in [-0.2, 0) is 0 Å². The first-order valence-electron chi connectivity index (χ1n) is 7.21. The standard InChI is InChI=1S/C18H18FNO/c1-3-20-12(2)13-7-9-14(10-8-13)17-11-15-5-4-6-16(19)18(15)21-17/h4-12,20H,3H2,1-2H3. The molecule has 0 aliphatic heterocycles. The third kappa shape index (κ3) is 2.69. The van der Waals surface area contributed by atoms with Gasteiger partial charge < -0.3 is 9.73 Å². The van der Waals surface area contributed by atoms with Gasteiger partial charge in [-0.2, -0.15) is 0 Å². The van der Waals surface area contributed by atoms with Crippen molar-refractivity contribution in [2.45, 2.75) is 19.9 Å². The number of benzene rings is 2. The van der Waals surface area contributed by atoms with Crippen LogP contribution in [0.3, 0.4) is 0 Å². The fourth-order valence-corrected chi connectivity index (χ4v) is 2.53. The van der Waals surface area contributed by atoms with Crippen LogP contribution in [0.2, 0.25) is 0 Å². The Balaban J connectivity index is 1.94. The van der Waals surface area contributed by atoms with Crippen LogP contribution < -0.4 is 5.32 Å². The zero-order valence-electron chi connectivity index (χ0n) is 12.2. The summed E-state index contributed by atoms with van der Waals surface area (Å²) in [5.41, 5.74) is 2.50. The Hall–Kier alpha value is -2.13. The summed E-state index contributed by atoms with van der Waals surface area (Å²) in [6.45, 7) is 5.16. The molecule has 0 fully saturated rings. The molecule has 0 amide bonds. The number of furan rings is 1. The van der Waals surface area contributed by atoms with Crippen LogP contribution in [0, 0.1) is 5.82 Å². The first-order valence-corrected chi connectivity index (χ1v) is 7.21. The number of para-hydroxylation sites is 1. The maximum absolute atomic E-state index is 13.7. The van der Waals surface area contributed by atoms with E-state index in [-0.39, 0.29) is 5.82 Å². The van der Waals surface area contributed by atoms with Gasteiger partial charge in [-0.1, -0.05) is 43.3 Å². The van der Waals surface area contributed by atoms with Crippen molar-refractivity contribution < 1.29 is 8.81 Å². The summed E-state index contributed by atoms with van der Waals surface area (Å²) in [5.74, 6) is 0.369. The molecule has 3 rings (SSSR count). The number of fused-ring (bicyclic) bond motifs is 1. The minimum Gasteiger partial charge on any atom is -0.453 e. The molecule has 1 N–H and O–H groups in total. The number of halogens is 1. The van der Waals surface area contributed by atoms with Crippen LogP contribution in [0.4, 0.5) is 4.39 Å². The van der Waals surface area contributed by atoms with Gasteiger partial charge in [-0.05, 0) is 31.2 Å². The highest BCUT2D eigenvalue weighted by molar-refractivity contribution is 5.83. The minimum absolute atomic E-state index is 0.317. The number of rotatable bonds is 4. The highest BCUT2D eigenvalue weighted by atomic mass is 19.1. The summed E-state index contributed by atoms with van der Waals surface area (Å²) in [6, 6.07) is 15.3. The maximum atomic E-state index is 13.7. The molecule has 0 saturated heterocycles. The van der Waals surface area contributed by atoms with Gasteiger partial charge in [0.05, 0.1) is 0 Å². The minimum atomic E-state index is -0.323. The van der Waals surface area contributed by atoms with Gasteiger partial charge in [0.1, 0.15) is 5.76 Å². The van der Waals surface area contributed by atoms with Crippen molar-refractivity contribution in [1.29, 1.82) is 0 Å². The lowest BCUT2D eigenvalue weighted by molar-refractivity contribution is 0.568. The topological polar surface area (TPSA) is 25.2 Å². The fraction of sp³-hybridized carbons (Fsp3) is 0.222. The molecule has 108 valence electrons. The monoisotopic (exact) mass is 283 g/mol. The number of hydrogen-bond donors (Lipinski definition) is 1. The maximum Gasteiger partial charge on any atom is 0.170 e. The van der Waals surface area contributed by atoms with Crippen LogP contribution in [0.1, 0.15) is 25.5 Å². The average Bonchev–Trinajstić information content (AvgIpc) is 2.93. The van der Waals surface area contributed by atoms with Gasteiger partial charge in [0.15, 0.2) is 11.4 Å². The zero-order chi connectivity index (χ0) is 14.8. The van der Waals surface area contributed by atoms with Crippen molar-refractivity contribution in [3.8, 4) is 11.3 Å². The summed E-state index contributed by atoms with van der Waals surface area (Å²) >= 11 is 0. The first-order chi connectivity index (χ1) is 10.2. The fourth-order valence-electron chi connectivity index (χ4n) is 2.53. The van der Waals surface area contributed by atoms with Crippen LogP contribution in [0.25, 0.3) is 22.3 Å². The quantitative estimate of drug-likeness (QED) is 0.736. The second-order valence-corrected chi connectivity index (χ2v) is 5.17. The molecular formula is C18H18FNO. The third-order valence-electron chi connectivity index (χ3n) is 3.70. The van der Waals surface area contributed by atoms with Crippen molar-refractivity contribution in [2.75, 3.05) is 6.54 Å². The van der Waals surface area contributed by atoms with Crippen LogP contribution >= 0.6 is 0 Å². The largest absolute Gasteiger partial charge is 0.453 e. The van der Waals surface area contributed by atoms with Gasteiger partial charge in [0.25, 0.3) is 0 Å². The van der Waals surface area contributed by atoms with E-state index in [4.69, 9.17) is 4.42 Å². The summed E-state index contributed by atoms with van der Waals surface area (Å²) in [7, 11) is 0. The third-order valence-corrected chi connectivity index (χ3v) is 3.70. The molecule has 0 spiro atoms. The van der Waals surface area contributed by atoms with Gasteiger partial charge >= 0.3 is 0 Å². The molecule has 3 heteroatoms. The van der Waals surface area contributed by atoms with E-state index in [1.54, 1.807) is 6.07 Å². The van der Waals surface area contributed by atoms with Crippen LogP contribution in [0.15, 0.2) is 52.9 Å². The smallest absolute Gasteiger partial charge is 0.170 e. The molecule has 0 aliphatic carbocycles. The van der Waals surface area contributed by atoms with Gasteiger partial charge in [-0.3, -0.25) is 0 Å². The lowest BCUT2D eigenvalue weighted by Crippen LogP contribution is -2.17. The van der Waals surface area contributed by atoms with Crippen molar-refractivity contribution >= 4 is 11.0 Å². The Morgan fingerprint density at radius 1 is 1.14 bits per heavy atom. The SMILES string of the molecule is CCNC(C)c1ccc(-c2cc3cccc(F)c3o2)cc1. The van der Waals surface area contributed by atoms with Gasteiger partial charge in [-0.25, -0.2) is 4.39 Å². The molecule has 0 radical (unpaired) electrons. The predicted octanol–water partition coefficient (Wildman–Crippen LogP) is 4.91. The van der Waals surface area contributed by atoms with Crippen LogP contribution in [-0.4, -0.2) is 6.54 Å². The van der Waals surface area contributed by atoms with E-state index in [0.717, 1.165) is 17.5 Å². The van der Waals surface area contributed by atoms with Gasteiger partial charge in [-0.15, -0.1) is 0 Å². The number of hydrogen-bond acceptors (Lipinski definition) is 2. The lowest BCUT2D eigenvalue weighted by Gasteiger charge is -2.12. The Bertz CT molecular complexity index is 746. The zero-order valence-corrected chi connectivity index (χ0v) is 12.2. The second kappa shape index (κ2) is 5.70. The Kier molecular flexibility index (Phi) is 3.76. The average molecular weight is 283 g/mol. The van der Waals surface area contributed by atoms with Crippen molar-refractivity contribution in [3.05, 3.63) is 59.9 Å². The van der Waals surface area contributed by atoms with Crippen molar-refractivity contribution in [1.82, 2.24) is 5.32 Å². The van der Waals surface area contributed by atoms with E-state index in [1.807, 2.05) is 24.3 Å². The molecule has 3 aromatic rings. The molecule has 21 heavy (non-hydrogen) atoms. The first kappa shape index (κ1) is 13.8. The van der Waals surface area contributed by atoms with E-state index in [0.29, 0.717) is 17.4 Å². The Labute approximate surface area is 123 Å². The molecular weight excluding hydrogens is 265 g/mol. The summed E-state index contributed by atoms with van der Waals surface area (Å²) in [6.07, 6.45) is 0. The van der Waals surface area contributed by atoms with E-state index in [1.165, 1.54) is 11.6 Å². The predicted molar refractivity (Wildman–Crippen MR) is 83.7 cm³/mol. The number of nitrogens with one attached hydrogen (secondary N) is 1. The van der Waals surface area contributed by atoms with Crippen molar-refractivity contribution in [3.63, 3.8) is 0 Å². The lowest BCUT2D eigenvalue weighted by atomic mass is 10.0. The van der Waals surface area contributed by atoms with E-state index >= 15 is 0 Å². The van der Waals surface area contributed by atoms with Crippen molar-refractivity contribution in [2.24, 2.45) is 0 Å².